The lowest BCUT2D eigenvalue weighted by molar-refractivity contribution is -0.134. The van der Waals surface area contributed by atoms with Crippen LogP contribution in [0.15, 0.2) is 24.3 Å². The SMILES string of the molecule is CC[C@]1(C)NC(=O)N(CC(=O)NCc2ccc(OC)cc2)C1=O. The summed E-state index contributed by atoms with van der Waals surface area (Å²) in [6, 6.07) is 6.73. The number of benzene rings is 1. The summed E-state index contributed by atoms with van der Waals surface area (Å²) >= 11 is 0. The molecular formula is C16H21N3O4. The van der Waals surface area contributed by atoms with Crippen LogP contribution in [0.25, 0.3) is 0 Å². The fourth-order valence-electron chi connectivity index (χ4n) is 2.27. The number of hydrogen-bond donors (Lipinski definition) is 2. The van der Waals surface area contributed by atoms with E-state index in [1.807, 2.05) is 19.1 Å². The summed E-state index contributed by atoms with van der Waals surface area (Å²) in [5.41, 5.74) is -0.0254. The zero-order chi connectivity index (χ0) is 17.0. The Balaban J connectivity index is 1.89. The minimum atomic E-state index is -0.923. The highest BCUT2D eigenvalue weighted by Crippen LogP contribution is 2.20. The molecule has 1 fully saturated rings. The number of amides is 4. The molecule has 1 aromatic carbocycles. The lowest BCUT2D eigenvalue weighted by Gasteiger charge is -2.19. The van der Waals surface area contributed by atoms with Crippen LogP contribution >= 0.6 is 0 Å². The molecule has 1 saturated heterocycles. The molecule has 1 aliphatic heterocycles. The van der Waals surface area contributed by atoms with Crippen LogP contribution in [-0.2, 0) is 16.1 Å². The van der Waals surface area contributed by atoms with E-state index in [0.717, 1.165) is 16.2 Å². The topological polar surface area (TPSA) is 87.7 Å². The van der Waals surface area contributed by atoms with Gasteiger partial charge in [0.15, 0.2) is 0 Å². The third-order valence-corrected chi connectivity index (χ3v) is 4.00. The second-order valence-electron chi connectivity index (χ2n) is 5.63. The number of imide groups is 1. The van der Waals surface area contributed by atoms with E-state index in [4.69, 9.17) is 4.74 Å². The summed E-state index contributed by atoms with van der Waals surface area (Å²) in [5.74, 6) is -0.0208. The van der Waals surface area contributed by atoms with Gasteiger partial charge >= 0.3 is 6.03 Å². The number of hydrogen-bond acceptors (Lipinski definition) is 4. The van der Waals surface area contributed by atoms with Gasteiger partial charge in [-0.15, -0.1) is 0 Å². The Kier molecular flexibility index (Phi) is 4.88. The minimum Gasteiger partial charge on any atom is -0.497 e. The molecule has 2 rings (SSSR count). The molecule has 0 aromatic heterocycles. The van der Waals surface area contributed by atoms with Crippen LogP contribution in [0.5, 0.6) is 5.75 Å². The van der Waals surface area contributed by atoms with Crippen molar-refractivity contribution < 1.29 is 19.1 Å². The van der Waals surface area contributed by atoms with Gasteiger partial charge in [-0.3, -0.25) is 14.5 Å². The van der Waals surface area contributed by atoms with Crippen LogP contribution in [0.2, 0.25) is 0 Å². The van der Waals surface area contributed by atoms with Crippen LogP contribution in [0.4, 0.5) is 4.79 Å². The average Bonchev–Trinajstić information content (AvgIpc) is 2.77. The molecule has 1 heterocycles. The largest absolute Gasteiger partial charge is 0.497 e. The molecule has 1 aliphatic rings. The van der Waals surface area contributed by atoms with Gasteiger partial charge in [-0.25, -0.2) is 4.79 Å². The number of carbonyl (C=O) groups excluding carboxylic acids is 3. The summed E-state index contributed by atoms with van der Waals surface area (Å²) in [5, 5.41) is 5.31. The normalized spacial score (nSPS) is 20.4. The molecule has 0 bridgehead atoms. The zero-order valence-corrected chi connectivity index (χ0v) is 13.5. The van der Waals surface area contributed by atoms with Crippen LogP contribution in [0.1, 0.15) is 25.8 Å². The molecular weight excluding hydrogens is 298 g/mol. The van der Waals surface area contributed by atoms with Crippen molar-refractivity contribution in [3.63, 3.8) is 0 Å². The molecule has 7 nitrogen and oxygen atoms in total. The van der Waals surface area contributed by atoms with Crippen LogP contribution in [0.3, 0.4) is 0 Å². The van der Waals surface area contributed by atoms with Gasteiger partial charge in [0.1, 0.15) is 17.8 Å². The van der Waals surface area contributed by atoms with Crippen molar-refractivity contribution in [1.29, 1.82) is 0 Å². The van der Waals surface area contributed by atoms with Crippen molar-refractivity contribution in [2.75, 3.05) is 13.7 Å². The lowest BCUT2D eigenvalue weighted by atomic mass is 9.99. The Morgan fingerprint density at radius 3 is 2.48 bits per heavy atom. The summed E-state index contributed by atoms with van der Waals surface area (Å²) < 4.78 is 5.06. The maximum Gasteiger partial charge on any atom is 0.325 e. The standard InChI is InChI=1S/C16H21N3O4/c1-4-16(2)14(21)19(15(22)18-16)10-13(20)17-9-11-5-7-12(23-3)8-6-11/h5-8H,4,9-10H2,1-3H3,(H,17,20)(H,18,22)/t16-/m0/s1. The molecule has 23 heavy (non-hydrogen) atoms. The maximum absolute atomic E-state index is 12.2. The van der Waals surface area contributed by atoms with Crippen LogP contribution in [-0.4, -0.2) is 41.9 Å². The Hall–Kier alpha value is -2.57. The fourth-order valence-corrected chi connectivity index (χ4v) is 2.27. The van der Waals surface area contributed by atoms with E-state index in [9.17, 15) is 14.4 Å². The second-order valence-corrected chi connectivity index (χ2v) is 5.63. The first-order valence-electron chi connectivity index (χ1n) is 7.43. The van der Waals surface area contributed by atoms with Gasteiger partial charge in [0.2, 0.25) is 5.91 Å². The summed E-state index contributed by atoms with van der Waals surface area (Å²) in [6.45, 7) is 3.50. The predicted molar refractivity (Wildman–Crippen MR) is 83.8 cm³/mol. The maximum atomic E-state index is 12.2. The first-order valence-corrected chi connectivity index (χ1v) is 7.43. The molecule has 124 valence electrons. The van der Waals surface area contributed by atoms with E-state index in [1.54, 1.807) is 26.2 Å². The van der Waals surface area contributed by atoms with Crippen molar-refractivity contribution >= 4 is 17.8 Å². The summed E-state index contributed by atoms with van der Waals surface area (Å²) in [4.78, 5) is 37.0. The molecule has 7 heteroatoms. The van der Waals surface area contributed by atoms with Gasteiger partial charge in [0, 0.05) is 6.54 Å². The van der Waals surface area contributed by atoms with Gasteiger partial charge in [-0.2, -0.15) is 0 Å². The van der Waals surface area contributed by atoms with Gasteiger partial charge in [0.05, 0.1) is 7.11 Å². The van der Waals surface area contributed by atoms with Crippen LogP contribution in [0, 0.1) is 0 Å². The second kappa shape index (κ2) is 6.68. The monoisotopic (exact) mass is 319 g/mol. The van der Waals surface area contributed by atoms with Crippen molar-refractivity contribution in [2.45, 2.75) is 32.4 Å². The average molecular weight is 319 g/mol. The Morgan fingerprint density at radius 2 is 1.96 bits per heavy atom. The molecule has 0 saturated carbocycles. The molecule has 1 aromatic rings. The highest BCUT2D eigenvalue weighted by molar-refractivity contribution is 6.08. The van der Waals surface area contributed by atoms with E-state index in [0.29, 0.717) is 13.0 Å². The first kappa shape index (κ1) is 16.8. The van der Waals surface area contributed by atoms with Crippen molar-refractivity contribution in [3.8, 4) is 5.75 Å². The van der Waals surface area contributed by atoms with Crippen molar-refractivity contribution in [1.82, 2.24) is 15.5 Å². The van der Waals surface area contributed by atoms with Crippen molar-refractivity contribution in [2.24, 2.45) is 0 Å². The molecule has 0 spiro atoms. The molecule has 0 unspecified atom stereocenters. The lowest BCUT2D eigenvalue weighted by Crippen LogP contribution is -2.44. The van der Waals surface area contributed by atoms with E-state index in [2.05, 4.69) is 10.6 Å². The summed E-state index contributed by atoms with van der Waals surface area (Å²) in [7, 11) is 1.58. The smallest absolute Gasteiger partial charge is 0.325 e. The Morgan fingerprint density at radius 1 is 1.30 bits per heavy atom. The van der Waals surface area contributed by atoms with E-state index >= 15 is 0 Å². The zero-order valence-electron chi connectivity index (χ0n) is 13.5. The number of carbonyl (C=O) groups is 3. The quantitative estimate of drug-likeness (QED) is 0.767. The third kappa shape index (κ3) is 3.61. The number of urea groups is 1. The first-order chi connectivity index (χ1) is 10.9. The number of ether oxygens (including phenoxy) is 1. The number of nitrogens with one attached hydrogen (secondary N) is 2. The minimum absolute atomic E-state index is 0.281. The Labute approximate surface area is 135 Å². The number of nitrogens with zero attached hydrogens (tertiary/aromatic N) is 1. The molecule has 0 radical (unpaired) electrons. The Bertz CT molecular complexity index is 614. The van der Waals surface area contributed by atoms with Gasteiger partial charge in [-0.1, -0.05) is 19.1 Å². The van der Waals surface area contributed by atoms with Gasteiger partial charge in [0.25, 0.3) is 5.91 Å². The van der Waals surface area contributed by atoms with Crippen LogP contribution < -0.4 is 15.4 Å². The fraction of sp³-hybridized carbons (Fsp3) is 0.438. The molecule has 4 amide bonds. The number of rotatable bonds is 6. The third-order valence-electron chi connectivity index (χ3n) is 4.00. The molecule has 1 atom stereocenters. The molecule has 2 N–H and O–H groups in total. The number of methoxy groups -OCH3 is 1. The predicted octanol–water partition coefficient (Wildman–Crippen LogP) is 1.03. The van der Waals surface area contributed by atoms with Gasteiger partial charge < -0.3 is 15.4 Å². The van der Waals surface area contributed by atoms with E-state index in [1.165, 1.54) is 0 Å². The van der Waals surface area contributed by atoms with E-state index < -0.39 is 11.6 Å². The molecule has 0 aliphatic carbocycles. The van der Waals surface area contributed by atoms with Gasteiger partial charge in [-0.05, 0) is 31.0 Å². The highest BCUT2D eigenvalue weighted by atomic mass is 16.5. The highest BCUT2D eigenvalue weighted by Gasteiger charge is 2.46. The van der Waals surface area contributed by atoms with E-state index in [-0.39, 0.29) is 18.4 Å². The van der Waals surface area contributed by atoms with Crippen molar-refractivity contribution in [3.05, 3.63) is 29.8 Å². The summed E-state index contributed by atoms with van der Waals surface area (Å²) in [6.07, 6.45) is 0.474.